The maximum absolute atomic E-state index is 11.9. The van der Waals surface area contributed by atoms with E-state index >= 15 is 0 Å². The van der Waals surface area contributed by atoms with Crippen LogP contribution in [0.5, 0.6) is 0 Å². The summed E-state index contributed by atoms with van der Waals surface area (Å²) in [5.74, 6) is 1.02. The largest absolute Gasteiger partial charge is 0.459 e. The molecule has 2 rings (SSSR count). The number of nitrogens with one attached hydrogen (secondary N) is 3. The first-order valence-electron chi connectivity index (χ1n) is 9.35. The maximum atomic E-state index is 11.9. The van der Waals surface area contributed by atoms with Gasteiger partial charge in [0, 0.05) is 51.4 Å². The summed E-state index contributed by atoms with van der Waals surface area (Å²) >= 11 is 0. The van der Waals surface area contributed by atoms with Gasteiger partial charge in [-0.15, -0.1) is 24.0 Å². The number of aliphatic imine (C=N–C) groups is 1. The summed E-state index contributed by atoms with van der Waals surface area (Å²) in [6, 6.07) is 1.78. The van der Waals surface area contributed by atoms with Crippen molar-refractivity contribution in [3.8, 4) is 0 Å². The predicted molar refractivity (Wildman–Crippen MR) is 117 cm³/mol. The van der Waals surface area contributed by atoms with E-state index in [9.17, 15) is 4.79 Å². The number of aryl methyl sites for hydroxylation is 1. The molecule has 1 aliphatic rings. The molecule has 0 radical (unpaired) electrons. The van der Waals surface area contributed by atoms with Crippen molar-refractivity contribution >= 4 is 35.8 Å². The Kier molecular flexibility index (Phi) is 12.1. The Labute approximate surface area is 178 Å². The van der Waals surface area contributed by atoms with Crippen molar-refractivity contribution in [3.05, 3.63) is 23.7 Å². The number of nitrogens with zero attached hydrogens (tertiary/aromatic N) is 2. The molecule has 1 aromatic heterocycles. The average molecular weight is 493 g/mol. The fourth-order valence-corrected chi connectivity index (χ4v) is 2.66. The molecule has 0 aliphatic carbocycles. The SMILES string of the molecule is CCNC(=NCCCNC(=O)c1occc1C)NCCN1CCOCC1.I. The van der Waals surface area contributed by atoms with Gasteiger partial charge in [-0.2, -0.15) is 0 Å². The van der Waals surface area contributed by atoms with Gasteiger partial charge >= 0.3 is 0 Å². The molecule has 1 aliphatic heterocycles. The van der Waals surface area contributed by atoms with Crippen LogP contribution in [0.1, 0.15) is 29.5 Å². The minimum absolute atomic E-state index is 0. The molecule has 2 heterocycles. The third-order valence-corrected chi connectivity index (χ3v) is 4.13. The van der Waals surface area contributed by atoms with Crippen molar-refractivity contribution in [2.75, 3.05) is 59.0 Å². The number of ether oxygens (including phenoxy) is 1. The van der Waals surface area contributed by atoms with Gasteiger partial charge in [0.25, 0.3) is 5.91 Å². The number of hydrogen-bond donors (Lipinski definition) is 3. The number of morpholine rings is 1. The lowest BCUT2D eigenvalue weighted by Crippen LogP contribution is -2.44. The summed E-state index contributed by atoms with van der Waals surface area (Å²) < 4.78 is 10.5. The molecule has 0 aromatic carbocycles. The molecule has 27 heavy (non-hydrogen) atoms. The van der Waals surface area contributed by atoms with Gasteiger partial charge in [-0.1, -0.05) is 0 Å². The number of furan rings is 1. The summed E-state index contributed by atoms with van der Waals surface area (Å²) in [7, 11) is 0. The van der Waals surface area contributed by atoms with Crippen molar-refractivity contribution in [2.24, 2.45) is 4.99 Å². The monoisotopic (exact) mass is 493 g/mol. The first kappa shape index (κ1) is 23.7. The number of guanidine groups is 1. The third kappa shape index (κ3) is 8.93. The van der Waals surface area contributed by atoms with E-state index in [1.807, 2.05) is 13.8 Å². The second kappa shape index (κ2) is 13.8. The summed E-state index contributed by atoms with van der Waals surface area (Å²) in [6.45, 7) is 11.4. The van der Waals surface area contributed by atoms with E-state index in [2.05, 4.69) is 25.8 Å². The zero-order valence-corrected chi connectivity index (χ0v) is 18.6. The molecule has 154 valence electrons. The van der Waals surface area contributed by atoms with Gasteiger partial charge in [-0.05, 0) is 26.3 Å². The van der Waals surface area contributed by atoms with E-state index in [0.29, 0.717) is 18.8 Å². The van der Waals surface area contributed by atoms with E-state index in [-0.39, 0.29) is 29.9 Å². The molecule has 0 atom stereocenters. The zero-order valence-electron chi connectivity index (χ0n) is 16.3. The highest BCUT2D eigenvalue weighted by atomic mass is 127. The van der Waals surface area contributed by atoms with Crippen LogP contribution < -0.4 is 16.0 Å². The molecule has 0 unspecified atom stereocenters. The van der Waals surface area contributed by atoms with Crippen molar-refractivity contribution < 1.29 is 13.9 Å². The van der Waals surface area contributed by atoms with E-state index in [0.717, 1.165) is 63.9 Å². The van der Waals surface area contributed by atoms with Crippen LogP contribution in [0, 0.1) is 6.92 Å². The highest BCUT2D eigenvalue weighted by Crippen LogP contribution is 2.07. The quantitative estimate of drug-likeness (QED) is 0.208. The topological polar surface area (TPSA) is 91.1 Å². The third-order valence-electron chi connectivity index (χ3n) is 4.13. The summed E-state index contributed by atoms with van der Waals surface area (Å²) in [4.78, 5) is 18.9. The molecule has 1 saturated heterocycles. The first-order valence-corrected chi connectivity index (χ1v) is 9.35. The first-order chi connectivity index (χ1) is 12.7. The number of rotatable bonds is 9. The second-order valence-corrected chi connectivity index (χ2v) is 6.18. The zero-order chi connectivity index (χ0) is 18.6. The fraction of sp³-hybridized carbons (Fsp3) is 0.667. The van der Waals surface area contributed by atoms with Gasteiger partial charge in [-0.3, -0.25) is 14.7 Å². The van der Waals surface area contributed by atoms with Gasteiger partial charge in [0.2, 0.25) is 0 Å². The van der Waals surface area contributed by atoms with Gasteiger partial charge < -0.3 is 25.1 Å². The van der Waals surface area contributed by atoms with Crippen LogP contribution in [0.3, 0.4) is 0 Å². The van der Waals surface area contributed by atoms with E-state index in [4.69, 9.17) is 9.15 Å². The number of amides is 1. The Morgan fingerprint density at radius 1 is 1.22 bits per heavy atom. The number of halogens is 1. The highest BCUT2D eigenvalue weighted by Gasteiger charge is 2.11. The molecule has 1 aromatic rings. The lowest BCUT2D eigenvalue weighted by Gasteiger charge is -2.26. The Hall–Kier alpha value is -1.33. The molecule has 0 saturated carbocycles. The predicted octanol–water partition coefficient (Wildman–Crippen LogP) is 1.21. The number of carbonyl (C=O) groups excluding carboxylic acids is 1. The lowest BCUT2D eigenvalue weighted by atomic mass is 10.2. The van der Waals surface area contributed by atoms with Crippen LogP contribution in [-0.2, 0) is 4.74 Å². The van der Waals surface area contributed by atoms with Crippen LogP contribution in [0.15, 0.2) is 21.7 Å². The summed E-state index contributed by atoms with van der Waals surface area (Å²) in [5.41, 5.74) is 0.847. The number of hydrogen-bond acceptors (Lipinski definition) is 5. The molecule has 8 nitrogen and oxygen atoms in total. The lowest BCUT2D eigenvalue weighted by molar-refractivity contribution is 0.0389. The van der Waals surface area contributed by atoms with Crippen molar-refractivity contribution in [1.82, 2.24) is 20.9 Å². The number of carbonyl (C=O) groups is 1. The van der Waals surface area contributed by atoms with Crippen LogP contribution in [-0.4, -0.2) is 75.8 Å². The summed E-state index contributed by atoms with van der Waals surface area (Å²) in [6.07, 6.45) is 2.30. The molecule has 3 N–H and O–H groups in total. The molecule has 1 fully saturated rings. The maximum Gasteiger partial charge on any atom is 0.287 e. The molecular formula is C18H32IN5O3. The standard InChI is InChI=1S/C18H31N5O3.HI/c1-3-19-18(22-8-9-23-10-13-25-14-11-23)21-7-4-6-20-17(24)16-15(2)5-12-26-16;/h5,12H,3-4,6-11,13-14H2,1-2H3,(H,20,24)(H2,19,21,22);1H. The van der Waals surface area contributed by atoms with Gasteiger partial charge in [0.15, 0.2) is 11.7 Å². The molecule has 0 spiro atoms. The van der Waals surface area contributed by atoms with Crippen molar-refractivity contribution in [3.63, 3.8) is 0 Å². The molecule has 9 heteroatoms. The van der Waals surface area contributed by atoms with Gasteiger partial charge in [-0.25, -0.2) is 0 Å². The minimum atomic E-state index is -0.174. The minimum Gasteiger partial charge on any atom is -0.459 e. The van der Waals surface area contributed by atoms with Crippen LogP contribution in [0.2, 0.25) is 0 Å². The second-order valence-electron chi connectivity index (χ2n) is 6.18. The van der Waals surface area contributed by atoms with Crippen molar-refractivity contribution in [2.45, 2.75) is 20.3 Å². The smallest absolute Gasteiger partial charge is 0.287 e. The van der Waals surface area contributed by atoms with Crippen molar-refractivity contribution in [1.29, 1.82) is 0 Å². The Morgan fingerprint density at radius 2 is 2.00 bits per heavy atom. The fourth-order valence-electron chi connectivity index (χ4n) is 2.66. The van der Waals surface area contributed by atoms with Gasteiger partial charge in [0.05, 0.1) is 19.5 Å². The molecule has 1 amide bonds. The molecular weight excluding hydrogens is 461 g/mol. The van der Waals surface area contributed by atoms with Gasteiger partial charge in [0.1, 0.15) is 0 Å². The average Bonchev–Trinajstić information content (AvgIpc) is 3.08. The van der Waals surface area contributed by atoms with E-state index in [1.54, 1.807) is 6.07 Å². The Bertz CT molecular complexity index is 573. The normalized spacial score (nSPS) is 15.1. The molecule has 0 bridgehead atoms. The highest BCUT2D eigenvalue weighted by molar-refractivity contribution is 14.0. The van der Waals surface area contributed by atoms with E-state index < -0.39 is 0 Å². The van der Waals surface area contributed by atoms with Crippen LogP contribution >= 0.6 is 24.0 Å². The van der Waals surface area contributed by atoms with E-state index in [1.165, 1.54) is 6.26 Å². The Morgan fingerprint density at radius 3 is 2.67 bits per heavy atom. The Balaban J connectivity index is 0.00000364. The summed E-state index contributed by atoms with van der Waals surface area (Å²) in [5, 5.41) is 9.45. The van der Waals surface area contributed by atoms with Crippen LogP contribution in [0.4, 0.5) is 0 Å². The van der Waals surface area contributed by atoms with Crippen LogP contribution in [0.25, 0.3) is 0 Å².